The van der Waals surface area contributed by atoms with Crippen LogP contribution in [0.2, 0.25) is 5.15 Å². The normalized spacial score (nSPS) is 11.1. The molecule has 1 rings (SSSR count). The first-order chi connectivity index (χ1) is 7.03. The van der Waals surface area contributed by atoms with E-state index in [1.165, 1.54) is 6.33 Å². The Bertz CT molecular complexity index is 336. The molecule has 0 aliphatic carbocycles. The lowest BCUT2D eigenvalue weighted by molar-refractivity contribution is 0.398. The fourth-order valence-electron chi connectivity index (χ4n) is 1.22. The number of rotatable bonds is 5. The molecule has 0 unspecified atom stereocenters. The van der Waals surface area contributed by atoms with Gasteiger partial charge in [-0.1, -0.05) is 31.5 Å². The summed E-state index contributed by atoms with van der Waals surface area (Å²) in [4.78, 5) is 7.89. The first kappa shape index (κ1) is 12.0. The van der Waals surface area contributed by atoms with Crippen molar-refractivity contribution >= 4 is 17.4 Å². The average Bonchev–Trinajstić information content (AvgIpc) is 2.15. The van der Waals surface area contributed by atoms with Gasteiger partial charge >= 0.3 is 0 Å². The summed E-state index contributed by atoms with van der Waals surface area (Å²) in [6.45, 7) is 8.91. The largest absolute Gasteiger partial charge is 0.369 e. The maximum Gasteiger partial charge on any atom is 0.134 e. The molecule has 0 amide bonds. The topological polar surface area (TPSA) is 37.8 Å². The maximum absolute atomic E-state index is 5.75. The van der Waals surface area contributed by atoms with Gasteiger partial charge in [0.2, 0.25) is 0 Å². The molecule has 4 heteroatoms. The van der Waals surface area contributed by atoms with E-state index in [1.807, 2.05) is 6.08 Å². The van der Waals surface area contributed by atoms with Crippen molar-refractivity contribution in [3.63, 3.8) is 0 Å². The van der Waals surface area contributed by atoms with Crippen LogP contribution in [-0.2, 0) is 0 Å². The van der Waals surface area contributed by atoms with Crippen molar-refractivity contribution in [2.75, 3.05) is 11.9 Å². The molecule has 82 valence electrons. The molecule has 0 bridgehead atoms. The summed E-state index contributed by atoms with van der Waals surface area (Å²) in [6, 6.07) is 1.71. The van der Waals surface area contributed by atoms with E-state index in [-0.39, 0.29) is 5.41 Å². The van der Waals surface area contributed by atoms with Crippen LogP contribution in [0.4, 0.5) is 5.82 Å². The second-order valence-corrected chi connectivity index (χ2v) is 4.62. The molecule has 0 saturated heterocycles. The molecule has 0 spiro atoms. The zero-order valence-electron chi connectivity index (χ0n) is 9.13. The SMILES string of the molecule is C=CCC(C)(C)CNc1cc(Cl)ncn1. The Balaban J connectivity index is 2.53. The number of hydrogen-bond acceptors (Lipinski definition) is 3. The monoisotopic (exact) mass is 225 g/mol. The van der Waals surface area contributed by atoms with Crippen molar-refractivity contribution in [2.45, 2.75) is 20.3 Å². The van der Waals surface area contributed by atoms with Gasteiger partial charge in [-0.05, 0) is 11.8 Å². The van der Waals surface area contributed by atoms with Gasteiger partial charge in [-0.25, -0.2) is 9.97 Å². The van der Waals surface area contributed by atoms with Crippen molar-refractivity contribution in [2.24, 2.45) is 5.41 Å². The van der Waals surface area contributed by atoms with Crippen LogP contribution < -0.4 is 5.32 Å². The molecule has 0 aliphatic heterocycles. The van der Waals surface area contributed by atoms with Crippen LogP contribution in [0.25, 0.3) is 0 Å². The molecule has 1 aromatic rings. The van der Waals surface area contributed by atoms with E-state index >= 15 is 0 Å². The zero-order chi connectivity index (χ0) is 11.3. The van der Waals surface area contributed by atoms with Crippen LogP contribution in [0.15, 0.2) is 25.0 Å². The Hall–Kier alpha value is -1.09. The molecule has 0 aliphatic rings. The third-order valence-electron chi connectivity index (χ3n) is 2.08. The van der Waals surface area contributed by atoms with Gasteiger partial charge in [0, 0.05) is 12.6 Å². The van der Waals surface area contributed by atoms with E-state index in [2.05, 4.69) is 35.7 Å². The third-order valence-corrected chi connectivity index (χ3v) is 2.29. The lowest BCUT2D eigenvalue weighted by Crippen LogP contribution is -2.22. The Kier molecular flexibility index (Phi) is 4.09. The van der Waals surface area contributed by atoms with E-state index in [9.17, 15) is 0 Å². The van der Waals surface area contributed by atoms with Crippen LogP contribution in [0.1, 0.15) is 20.3 Å². The molecule has 0 atom stereocenters. The van der Waals surface area contributed by atoms with Crippen LogP contribution in [-0.4, -0.2) is 16.5 Å². The molecule has 3 nitrogen and oxygen atoms in total. The number of halogens is 1. The van der Waals surface area contributed by atoms with E-state index < -0.39 is 0 Å². The third kappa shape index (κ3) is 4.30. The van der Waals surface area contributed by atoms with Crippen LogP contribution >= 0.6 is 11.6 Å². The minimum Gasteiger partial charge on any atom is -0.369 e. The Labute approximate surface area is 95.6 Å². The molecule has 0 radical (unpaired) electrons. The second kappa shape index (κ2) is 5.12. The molecule has 1 heterocycles. The number of aromatic nitrogens is 2. The van der Waals surface area contributed by atoms with E-state index in [0.717, 1.165) is 18.8 Å². The van der Waals surface area contributed by atoms with E-state index in [1.54, 1.807) is 6.07 Å². The van der Waals surface area contributed by atoms with Crippen LogP contribution in [0.3, 0.4) is 0 Å². The fraction of sp³-hybridized carbons (Fsp3) is 0.455. The van der Waals surface area contributed by atoms with Crippen LogP contribution in [0, 0.1) is 5.41 Å². The van der Waals surface area contributed by atoms with Gasteiger partial charge < -0.3 is 5.32 Å². The van der Waals surface area contributed by atoms with Crippen molar-refractivity contribution in [3.8, 4) is 0 Å². The summed E-state index contributed by atoms with van der Waals surface area (Å²) in [6.07, 6.45) is 4.33. The number of nitrogens with one attached hydrogen (secondary N) is 1. The van der Waals surface area contributed by atoms with Gasteiger partial charge in [0.1, 0.15) is 17.3 Å². The molecule has 1 N–H and O–H groups in total. The molecule has 0 fully saturated rings. The zero-order valence-corrected chi connectivity index (χ0v) is 9.88. The van der Waals surface area contributed by atoms with Crippen molar-refractivity contribution in [1.29, 1.82) is 0 Å². The number of nitrogens with zero attached hydrogens (tertiary/aromatic N) is 2. The second-order valence-electron chi connectivity index (χ2n) is 4.24. The highest BCUT2D eigenvalue weighted by atomic mass is 35.5. The molecule has 15 heavy (non-hydrogen) atoms. The van der Waals surface area contributed by atoms with Crippen LogP contribution in [0.5, 0.6) is 0 Å². The average molecular weight is 226 g/mol. The van der Waals surface area contributed by atoms with Crippen molar-refractivity contribution in [3.05, 3.63) is 30.2 Å². The van der Waals surface area contributed by atoms with Gasteiger partial charge in [-0.15, -0.1) is 6.58 Å². The predicted octanol–water partition coefficient (Wildman–Crippen LogP) is 3.14. The first-order valence-corrected chi connectivity index (χ1v) is 5.24. The van der Waals surface area contributed by atoms with Gasteiger partial charge in [-0.3, -0.25) is 0 Å². The lowest BCUT2D eigenvalue weighted by atomic mass is 9.89. The number of anilines is 1. The summed E-state index contributed by atoms with van der Waals surface area (Å²) >= 11 is 5.75. The Morgan fingerprint density at radius 1 is 1.53 bits per heavy atom. The summed E-state index contributed by atoms with van der Waals surface area (Å²) < 4.78 is 0. The number of hydrogen-bond donors (Lipinski definition) is 1. The predicted molar refractivity (Wildman–Crippen MR) is 64.1 cm³/mol. The molecule has 1 aromatic heterocycles. The van der Waals surface area contributed by atoms with Gasteiger partial charge in [0.05, 0.1) is 0 Å². The first-order valence-electron chi connectivity index (χ1n) is 4.86. The van der Waals surface area contributed by atoms with Gasteiger partial charge in [0.15, 0.2) is 0 Å². The lowest BCUT2D eigenvalue weighted by Gasteiger charge is -2.23. The fourth-order valence-corrected chi connectivity index (χ4v) is 1.37. The van der Waals surface area contributed by atoms with E-state index in [0.29, 0.717) is 5.15 Å². The summed E-state index contributed by atoms with van der Waals surface area (Å²) in [5.41, 5.74) is 0.166. The summed E-state index contributed by atoms with van der Waals surface area (Å²) in [7, 11) is 0. The highest BCUT2D eigenvalue weighted by Gasteiger charge is 2.15. The highest BCUT2D eigenvalue weighted by Crippen LogP contribution is 2.21. The van der Waals surface area contributed by atoms with E-state index in [4.69, 9.17) is 11.6 Å². The highest BCUT2D eigenvalue weighted by molar-refractivity contribution is 6.29. The minimum absolute atomic E-state index is 0.166. The standard InChI is InChI=1S/C11H16ClN3/c1-4-5-11(2,3)7-13-10-6-9(12)14-8-15-10/h4,6,8H,1,5,7H2,2-3H3,(H,13,14,15). The Morgan fingerprint density at radius 3 is 2.87 bits per heavy atom. The minimum atomic E-state index is 0.166. The van der Waals surface area contributed by atoms with Crippen molar-refractivity contribution < 1.29 is 0 Å². The molecule has 0 saturated carbocycles. The smallest absolute Gasteiger partial charge is 0.134 e. The number of allylic oxidation sites excluding steroid dienone is 1. The Morgan fingerprint density at radius 2 is 2.27 bits per heavy atom. The quantitative estimate of drug-likeness (QED) is 0.618. The molecule has 0 aromatic carbocycles. The summed E-state index contributed by atoms with van der Waals surface area (Å²) in [5.74, 6) is 0.757. The maximum atomic E-state index is 5.75. The van der Waals surface area contributed by atoms with Crippen molar-refractivity contribution in [1.82, 2.24) is 9.97 Å². The van der Waals surface area contributed by atoms with Gasteiger partial charge in [-0.2, -0.15) is 0 Å². The summed E-state index contributed by atoms with van der Waals surface area (Å²) in [5, 5.41) is 3.68. The molecular formula is C11H16ClN3. The molecular weight excluding hydrogens is 210 g/mol. The van der Waals surface area contributed by atoms with Gasteiger partial charge in [0.25, 0.3) is 0 Å².